The third kappa shape index (κ3) is 6.65. The molecule has 31 heavy (non-hydrogen) atoms. The second kappa shape index (κ2) is 10.2. The van der Waals surface area contributed by atoms with Gasteiger partial charge in [-0.05, 0) is 43.2 Å². The molecular weight excluding hydrogens is 410 g/mol. The molecular formula is C24H27N3O3S. The number of hydrogen-bond acceptors (Lipinski definition) is 5. The van der Waals surface area contributed by atoms with Gasteiger partial charge in [0.1, 0.15) is 12.4 Å². The molecule has 0 aliphatic carbocycles. The number of rotatable bonds is 8. The molecule has 0 aliphatic heterocycles. The van der Waals surface area contributed by atoms with Crippen LogP contribution in [0.25, 0.3) is 0 Å². The average molecular weight is 438 g/mol. The Balaban J connectivity index is 1.54. The number of carbonyl (C=O) groups excluding carboxylic acids is 2. The van der Waals surface area contributed by atoms with E-state index in [-0.39, 0.29) is 24.2 Å². The quantitative estimate of drug-likeness (QED) is 0.513. The number of hydrogen-bond donors (Lipinski definition) is 2. The zero-order valence-corrected chi connectivity index (χ0v) is 19.0. The van der Waals surface area contributed by atoms with Gasteiger partial charge in [0.05, 0.1) is 12.1 Å². The average Bonchev–Trinajstić information content (AvgIpc) is 3.14. The molecule has 0 saturated carbocycles. The smallest absolute Gasteiger partial charge is 0.230 e. The van der Waals surface area contributed by atoms with Gasteiger partial charge < -0.3 is 15.4 Å². The predicted octanol–water partition coefficient (Wildman–Crippen LogP) is 5.11. The lowest BCUT2D eigenvalue weighted by molar-refractivity contribution is -0.119. The van der Waals surface area contributed by atoms with Crippen molar-refractivity contribution in [2.75, 3.05) is 10.6 Å². The highest BCUT2D eigenvalue weighted by Crippen LogP contribution is 2.23. The van der Waals surface area contributed by atoms with Gasteiger partial charge in [0.25, 0.3) is 0 Å². The number of nitrogens with zero attached hydrogens (tertiary/aromatic N) is 1. The Labute approximate surface area is 186 Å². The summed E-state index contributed by atoms with van der Waals surface area (Å²) in [7, 11) is 0. The van der Waals surface area contributed by atoms with E-state index in [2.05, 4.69) is 34.7 Å². The molecule has 0 aliphatic rings. The van der Waals surface area contributed by atoms with E-state index in [1.165, 1.54) is 16.9 Å². The number of benzene rings is 2. The minimum atomic E-state index is -0.163. The van der Waals surface area contributed by atoms with Gasteiger partial charge in [0, 0.05) is 17.0 Å². The van der Waals surface area contributed by atoms with Crippen LogP contribution in [0, 0.1) is 19.8 Å². The molecule has 0 saturated heterocycles. The van der Waals surface area contributed by atoms with Crippen molar-refractivity contribution in [2.24, 2.45) is 5.92 Å². The summed E-state index contributed by atoms with van der Waals surface area (Å²) < 4.78 is 5.88. The van der Waals surface area contributed by atoms with Gasteiger partial charge in [-0.1, -0.05) is 43.7 Å². The maximum atomic E-state index is 12.4. The van der Waals surface area contributed by atoms with Crippen molar-refractivity contribution < 1.29 is 14.3 Å². The van der Waals surface area contributed by atoms with Crippen LogP contribution < -0.4 is 15.4 Å². The fraction of sp³-hybridized carbons (Fsp3) is 0.292. The molecule has 2 N–H and O–H groups in total. The lowest BCUT2D eigenvalue weighted by atomic mass is 10.1. The number of ether oxygens (including phenoxy) is 1. The molecule has 1 aromatic heterocycles. The summed E-state index contributed by atoms with van der Waals surface area (Å²) in [4.78, 5) is 28.5. The van der Waals surface area contributed by atoms with Crippen molar-refractivity contribution in [3.05, 3.63) is 70.2 Å². The number of nitrogens with one attached hydrogen (secondary N) is 2. The van der Waals surface area contributed by atoms with Crippen molar-refractivity contribution in [3.63, 3.8) is 0 Å². The first-order valence-corrected chi connectivity index (χ1v) is 11.0. The number of amides is 2. The van der Waals surface area contributed by atoms with Crippen LogP contribution in [0.4, 0.5) is 10.8 Å². The van der Waals surface area contributed by atoms with Gasteiger partial charge in [-0.15, -0.1) is 11.3 Å². The lowest BCUT2D eigenvalue weighted by Gasteiger charge is -2.11. The molecule has 162 valence electrons. The molecule has 3 aromatic rings. The minimum Gasteiger partial charge on any atom is -0.489 e. The first-order chi connectivity index (χ1) is 14.8. The van der Waals surface area contributed by atoms with Crippen molar-refractivity contribution in [1.82, 2.24) is 4.98 Å². The molecule has 0 atom stereocenters. The second-order valence-electron chi connectivity index (χ2n) is 7.77. The van der Waals surface area contributed by atoms with E-state index in [9.17, 15) is 9.59 Å². The van der Waals surface area contributed by atoms with Crippen LogP contribution in [-0.4, -0.2) is 16.8 Å². The van der Waals surface area contributed by atoms with E-state index in [1.807, 2.05) is 51.1 Å². The van der Waals surface area contributed by atoms with Crippen LogP contribution >= 0.6 is 11.3 Å². The van der Waals surface area contributed by atoms with Crippen LogP contribution in [0.3, 0.4) is 0 Å². The molecule has 0 fully saturated rings. The molecule has 2 aromatic carbocycles. The number of carbonyl (C=O) groups is 2. The lowest BCUT2D eigenvalue weighted by Crippen LogP contribution is -2.18. The standard InChI is InChI=1S/C24H27N3O3S/c1-15(2)23(29)27-24-25-19(14-31-24)12-22(28)26-21-9-8-20(11-17(21)4)30-13-18-7-5-6-16(3)10-18/h5-11,14-15H,12-13H2,1-4H3,(H,26,28)(H,25,27,29). The molecule has 7 heteroatoms. The summed E-state index contributed by atoms with van der Waals surface area (Å²) in [5.74, 6) is 0.374. The summed E-state index contributed by atoms with van der Waals surface area (Å²) in [5, 5.41) is 7.96. The van der Waals surface area contributed by atoms with Crippen molar-refractivity contribution in [1.29, 1.82) is 0 Å². The first-order valence-electron chi connectivity index (χ1n) is 10.1. The Morgan fingerprint density at radius 3 is 2.61 bits per heavy atom. The Hall–Kier alpha value is -3.19. The van der Waals surface area contributed by atoms with Gasteiger partial charge in [0.15, 0.2) is 5.13 Å². The molecule has 0 spiro atoms. The normalized spacial score (nSPS) is 10.7. The molecule has 1 heterocycles. The Morgan fingerprint density at radius 2 is 1.90 bits per heavy atom. The molecule has 6 nitrogen and oxygen atoms in total. The molecule has 0 bridgehead atoms. The van der Waals surface area contributed by atoms with Crippen LogP contribution in [0.5, 0.6) is 5.75 Å². The highest BCUT2D eigenvalue weighted by molar-refractivity contribution is 7.13. The van der Waals surface area contributed by atoms with Crippen LogP contribution in [0.15, 0.2) is 47.8 Å². The molecule has 3 rings (SSSR count). The van der Waals surface area contributed by atoms with Crippen molar-refractivity contribution >= 4 is 34.0 Å². The third-order valence-electron chi connectivity index (χ3n) is 4.61. The third-order valence-corrected chi connectivity index (χ3v) is 5.41. The van der Waals surface area contributed by atoms with E-state index in [0.29, 0.717) is 17.4 Å². The molecule has 0 radical (unpaired) electrons. The second-order valence-corrected chi connectivity index (χ2v) is 8.63. The number of aromatic nitrogens is 1. The maximum Gasteiger partial charge on any atom is 0.230 e. The molecule has 2 amide bonds. The van der Waals surface area contributed by atoms with Crippen molar-refractivity contribution in [2.45, 2.75) is 40.7 Å². The zero-order chi connectivity index (χ0) is 22.4. The fourth-order valence-electron chi connectivity index (χ4n) is 2.89. The zero-order valence-electron chi connectivity index (χ0n) is 18.2. The van der Waals surface area contributed by atoms with Crippen LogP contribution in [0.2, 0.25) is 0 Å². The Morgan fingerprint density at radius 1 is 1.10 bits per heavy atom. The van der Waals surface area contributed by atoms with E-state index in [0.717, 1.165) is 22.6 Å². The van der Waals surface area contributed by atoms with E-state index < -0.39 is 0 Å². The summed E-state index contributed by atoms with van der Waals surface area (Å²) in [6.07, 6.45) is 0.138. The van der Waals surface area contributed by atoms with Gasteiger partial charge in [-0.2, -0.15) is 0 Å². The summed E-state index contributed by atoms with van der Waals surface area (Å²) in [6.45, 7) is 8.11. The molecule has 0 unspecified atom stereocenters. The van der Waals surface area contributed by atoms with E-state index >= 15 is 0 Å². The first kappa shape index (κ1) is 22.5. The largest absolute Gasteiger partial charge is 0.489 e. The fourth-order valence-corrected chi connectivity index (χ4v) is 3.60. The van der Waals surface area contributed by atoms with E-state index in [1.54, 1.807) is 5.38 Å². The topological polar surface area (TPSA) is 80.3 Å². The summed E-state index contributed by atoms with van der Waals surface area (Å²) in [6, 6.07) is 13.8. The highest BCUT2D eigenvalue weighted by atomic mass is 32.1. The van der Waals surface area contributed by atoms with E-state index in [4.69, 9.17) is 4.74 Å². The maximum absolute atomic E-state index is 12.4. The van der Waals surface area contributed by atoms with Crippen molar-refractivity contribution in [3.8, 4) is 5.75 Å². The predicted molar refractivity (Wildman–Crippen MR) is 125 cm³/mol. The van der Waals surface area contributed by atoms with Gasteiger partial charge in [-0.25, -0.2) is 4.98 Å². The van der Waals surface area contributed by atoms with Gasteiger partial charge in [0.2, 0.25) is 11.8 Å². The number of thiazole rings is 1. The number of anilines is 2. The highest BCUT2D eigenvalue weighted by Gasteiger charge is 2.13. The Bertz CT molecular complexity index is 1080. The van der Waals surface area contributed by atoms with Crippen LogP contribution in [0.1, 0.15) is 36.2 Å². The summed E-state index contributed by atoms with van der Waals surface area (Å²) in [5.41, 5.74) is 4.58. The monoisotopic (exact) mass is 437 g/mol. The SMILES string of the molecule is Cc1cccc(COc2ccc(NC(=O)Cc3csc(NC(=O)C(C)C)n3)c(C)c2)c1. The van der Waals surface area contributed by atoms with Crippen LogP contribution in [-0.2, 0) is 22.6 Å². The number of aryl methyl sites for hydroxylation is 2. The van der Waals surface area contributed by atoms with Gasteiger partial charge in [-0.3, -0.25) is 9.59 Å². The summed E-state index contributed by atoms with van der Waals surface area (Å²) >= 11 is 1.31. The minimum absolute atomic E-state index is 0.0920. The van der Waals surface area contributed by atoms with Gasteiger partial charge >= 0.3 is 0 Å². The Kier molecular flexibility index (Phi) is 7.41.